The van der Waals surface area contributed by atoms with Crippen molar-refractivity contribution in [2.45, 2.75) is 33.0 Å². The van der Waals surface area contributed by atoms with Gasteiger partial charge >= 0.3 is 0 Å². The van der Waals surface area contributed by atoms with E-state index in [0.717, 1.165) is 18.7 Å². The molecule has 1 saturated heterocycles. The molecule has 1 aliphatic rings. The summed E-state index contributed by atoms with van der Waals surface area (Å²) in [4.78, 5) is 2.50. The van der Waals surface area contributed by atoms with Crippen LogP contribution in [0.4, 0.5) is 0 Å². The molecule has 0 aliphatic carbocycles. The maximum atomic E-state index is 5.59. The average Bonchev–Trinajstić information content (AvgIpc) is 2.25. The first-order chi connectivity index (χ1) is 8.22. The van der Waals surface area contributed by atoms with Gasteiger partial charge in [0.25, 0.3) is 0 Å². The minimum atomic E-state index is 0.743. The first-order valence-corrected chi connectivity index (χ1v) is 6.73. The predicted molar refractivity (Wildman–Crippen MR) is 74.8 cm³/mol. The Kier molecular flexibility index (Phi) is 4.28. The number of hydrogen-bond donors (Lipinski definition) is 0. The van der Waals surface area contributed by atoms with Gasteiger partial charge in [0.2, 0.25) is 0 Å². The Morgan fingerprint density at radius 2 is 2.12 bits per heavy atom. The minimum Gasteiger partial charge on any atom is -0.303 e. The molecular formula is C15H22BN. The van der Waals surface area contributed by atoms with Crippen molar-refractivity contribution in [3.8, 4) is 0 Å². The summed E-state index contributed by atoms with van der Waals surface area (Å²) in [5, 5.41) is 0. The third-order valence-corrected chi connectivity index (χ3v) is 3.83. The molecule has 0 N–H and O–H groups in total. The van der Waals surface area contributed by atoms with Gasteiger partial charge in [-0.3, -0.25) is 0 Å². The van der Waals surface area contributed by atoms with Gasteiger partial charge in [0.05, 0.1) is 7.85 Å². The summed E-state index contributed by atoms with van der Waals surface area (Å²) < 4.78 is 0. The number of likely N-dealkylation sites (tertiary alicyclic amines) is 1. The van der Waals surface area contributed by atoms with Crippen molar-refractivity contribution in [2.75, 3.05) is 19.6 Å². The first kappa shape index (κ1) is 12.7. The van der Waals surface area contributed by atoms with Crippen molar-refractivity contribution >= 4 is 7.85 Å². The molecule has 1 aromatic carbocycles. The number of rotatable bonds is 5. The summed E-state index contributed by atoms with van der Waals surface area (Å²) in [7, 11) is 5.59. The van der Waals surface area contributed by atoms with E-state index in [2.05, 4.69) is 36.9 Å². The Labute approximate surface area is 107 Å². The van der Waals surface area contributed by atoms with Gasteiger partial charge in [0.1, 0.15) is 0 Å². The average molecular weight is 227 g/mol. The van der Waals surface area contributed by atoms with Crippen molar-refractivity contribution in [1.82, 2.24) is 4.90 Å². The summed E-state index contributed by atoms with van der Waals surface area (Å²) >= 11 is 0. The second kappa shape index (κ2) is 5.73. The van der Waals surface area contributed by atoms with E-state index in [4.69, 9.17) is 7.85 Å². The molecule has 0 spiro atoms. The summed E-state index contributed by atoms with van der Waals surface area (Å²) in [6.45, 7) is 8.22. The van der Waals surface area contributed by atoms with E-state index in [1.807, 2.05) is 0 Å². The highest BCUT2D eigenvalue weighted by atomic mass is 15.2. The van der Waals surface area contributed by atoms with E-state index in [1.165, 1.54) is 42.7 Å². The number of aryl methyl sites for hydroxylation is 2. The predicted octanol–water partition coefficient (Wildman–Crippen LogP) is 2.62. The van der Waals surface area contributed by atoms with Crippen LogP contribution in [0.5, 0.6) is 0 Å². The van der Waals surface area contributed by atoms with Gasteiger partial charge in [-0.15, -0.1) is 0 Å². The molecule has 90 valence electrons. The van der Waals surface area contributed by atoms with Crippen molar-refractivity contribution < 1.29 is 0 Å². The lowest BCUT2D eigenvalue weighted by molar-refractivity contribution is 0.108. The molecule has 0 atom stereocenters. The lowest BCUT2D eigenvalue weighted by Gasteiger charge is -2.38. The quantitative estimate of drug-likeness (QED) is 0.699. The molecule has 1 aromatic rings. The fraction of sp³-hybridized carbons (Fsp3) is 0.600. The van der Waals surface area contributed by atoms with Crippen LogP contribution in [0.2, 0.25) is 6.32 Å². The molecular weight excluding hydrogens is 205 g/mol. The highest BCUT2D eigenvalue weighted by molar-refractivity contribution is 6.08. The van der Waals surface area contributed by atoms with Crippen LogP contribution < -0.4 is 0 Å². The smallest absolute Gasteiger partial charge is 0.0657 e. The highest BCUT2D eigenvalue weighted by Crippen LogP contribution is 2.22. The first-order valence-electron chi connectivity index (χ1n) is 6.73. The largest absolute Gasteiger partial charge is 0.303 e. The number of hydrogen-bond acceptors (Lipinski definition) is 1. The summed E-state index contributed by atoms with van der Waals surface area (Å²) in [5.74, 6) is 0.869. The Morgan fingerprint density at radius 3 is 2.71 bits per heavy atom. The third-order valence-electron chi connectivity index (χ3n) is 3.83. The maximum Gasteiger partial charge on any atom is 0.0657 e. The lowest BCUT2D eigenvalue weighted by Crippen LogP contribution is -2.47. The zero-order valence-corrected chi connectivity index (χ0v) is 11.1. The minimum absolute atomic E-state index is 0.743. The van der Waals surface area contributed by atoms with Crippen LogP contribution in [0.25, 0.3) is 0 Å². The highest BCUT2D eigenvalue weighted by Gasteiger charge is 2.25. The van der Waals surface area contributed by atoms with E-state index >= 15 is 0 Å². The molecule has 2 rings (SSSR count). The van der Waals surface area contributed by atoms with Crippen molar-refractivity contribution in [1.29, 1.82) is 0 Å². The van der Waals surface area contributed by atoms with Crippen LogP contribution in [0, 0.1) is 12.8 Å². The molecule has 0 amide bonds. The standard InChI is InChI=1S/C15H22BN/c1-3-17-10-14(11-17)9-15-5-4-13(6-7-16)8-12(15)2/h4-5,8,14H,3,6-7,9-11H2,1-2H3. The van der Waals surface area contributed by atoms with Crippen molar-refractivity contribution in [3.63, 3.8) is 0 Å². The van der Waals surface area contributed by atoms with E-state index in [0.29, 0.717) is 0 Å². The Morgan fingerprint density at radius 1 is 1.35 bits per heavy atom. The summed E-state index contributed by atoms with van der Waals surface area (Å²) in [5.41, 5.74) is 4.33. The molecule has 1 fully saturated rings. The molecule has 0 aromatic heterocycles. The summed E-state index contributed by atoms with van der Waals surface area (Å²) in [6, 6.07) is 6.85. The van der Waals surface area contributed by atoms with E-state index in [1.54, 1.807) is 0 Å². The van der Waals surface area contributed by atoms with Crippen LogP contribution >= 0.6 is 0 Å². The van der Waals surface area contributed by atoms with Gasteiger partial charge in [-0.25, -0.2) is 0 Å². The zero-order chi connectivity index (χ0) is 12.3. The van der Waals surface area contributed by atoms with E-state index in [9.17, 15) is 0 Å². The SMILES string of the molecule is [B]CCc1ccc(CC2CN(CC)C2)c(C)c1. The molecule has 1 heterocycles. The van der Waals surface area contributed by atoms with E-state index in [-0.39, 0.29) is 0 Å². The Balaban J connectivity index is 1.93. The van der Waals surface area contributed by atoms with Gasteiger partial charge in [-0.1, -0.05) is 31.4 Å². The van der Waals surface area contributed by atoms with Crippen LogP contribution in [-0.2, 0) is 12.8 Å². The molecule has 1 aliphatic heterocycles. The normalized spacial score (nSPS) is 17.1. The Bertz CT molecular complexity index is 369. The van der Waals surface area contributed by atoms with E-state index < -0.39 is 0 Å². The lowest BCUT2D eigenvalue weighted by atomic mass is 9.88. The number of nitrogens with zero attached hydrogens (tertiary/aromatic N) is 1. The van der Waals surface area contributed by atoms with Gasteiger partial charge < -0.3 is 4.90 Å². The fourth-order valence-electron chi connectivity index (χ4n) is 2.68. The van der Waals surface area contributed by atoms with Gasteiger partial charge in [-0.05, 0) is 48.9 Å². The van der Waals surface area contributed by atoms with Gasteiger partial charge in [0.15, 0.2) is 0 Å². The molecule has 1 nitrogen and oxygen atoms in total. The third kappa shape index (κ3) is 3.13. The molecule has 17 heavy (non-hydrogen) atoms. The molecule has 0 saturated carbocycles. The molecule has 2 heteroatoms. The second-order valence-corrected chi connectivity index (χ2v) is 5.22. The zero-order valence-electron chi connectivity index (χ0n) is 11.1. The Hall–Kier alpha value is -0.755. The van der Waals surface area contributed by atoms with Crippen LogP contribution in [0.1, 0.15) is 23.6 Å². The van der Waals surface area contributed by atoms with Crippen LogP contribution in [-0.4, -0.2) is 32.4 Å². The maximum absolute atomic E-state index is 5.59. The van der Waals surface area contributed by atoms with Crippen LogP contribution in [0.15, 0.2) is 18.2 Å². The van der Waals surface area contributed by atoms with Crippen LogP contribution in [0.3, 0.4) is 0 Å². The summed E-state index contributed by atoms with van der Waals surface area (Å²) in [6.07, 6.45) is 2.98. The van der Waals surface area contributed by atoms with Gasteiger partial charge in [-0.2, -0.15) is 0 Å². The molecule has 0 bridgehead atoms. The topological polar surface area (TPSA) is 3.24 Å². The fourth-order valence-corrected chi connectivity index (χ4v) is 2.68. The van der Waals surface area contributed by atoms with Crippen molar-refractivity contribution in [2.24, 2.45) is 5.92 Å². The van der Waals surface area contributed by atoms with Crippen molar-refractivity contribution in [3.05, 3.63) is 34.9 Å². The number of benzene rings is 1. The molecule has 2 radical (unpaired) electrons. The molecule has 0 unspecified atom stereocenters. The second-order valence-electron chi connectivity index (χ2n) is 5.22. The monoisotopic (exact) mass is 227 g/mol. The van der Waals surface area contributed by atoms with Gasteiger partial charge in [0, 0.05) is 13.1 Å².